The average Bonchev–Trinajstić information content (AvgIpc) is 3.33. The first-order valence-electron chi connectivity index (χ1n) is 22.7. The zero-order valence-corrected chi connectivity index (χ0v) is 47.4. The third-order valence-corrected chi connectivity index (χ3v) is 16.2. The highest BCUT2D eigenvalue weighted by Crippen LogP contribution is 2.38. The molecule has 354 valence electrons. The molecule has 0 spiro atoms. The molecule has 0 aliphatic carbocycles. The van der Waals surface area contributed by atoms with Crippen molar-refractivity contribution in [1.82, 2.24) is 21.3 Å². The Morgan fingerprint density at radius 1 is 0.455 bits per heavy atom. The van der Waals surface area contributed by atoms with Crippen LogP contribution in [-0.4, -0.2) is 78.5 Å². The molecule has 3 aliphatic heterocycles. The number of thiol groups is 1. The van der Waals surface area contributed by atoms with Gasteiger partial charge in [-0.1, -0.05) is 113 Å². The molecule has 3 saturated heterocycles. The number of aryl methyl sites for hydroxylation is 6. The van der Waals surface area contributed by atoms with Crippen molar-refractivity contribution < 1.29 is 0 Å². The number of nitrogens with zero attached hydrogens (tertiary/aromatic N) is 2. The number of benzene rings is 6. The Bertz CT molecular complexity index is 2210. The first kappa shape index (κ1) is 56.1. The molecule has 0 saturated carbocycles. The van der Waals surface area contributed by atoms with Crippen molar-refractivity contribution in [2.24, 2.45) is 0 Å². The summed E-state index contributed by atoms with van der Waals surface area (Å²) >= 11 is 13.7. The van der Waals surface area contributed by atoms with Crippen LogP contribution in [0.25, 0.3) is 0 Å². The lowest BCUT2D eigenvalue weighted by Gasteiger charge is -2.31. The number of hydrogen-bond donors (Lipinski definition) is 5. The van der Waals surface area contributed by atoms with Gasteiger partial charge in [-0.25, -0.2) is 0 Å². The molecule has 9 rings (SSSR count). The Hall–Kier alpha value is -2.50. The fourth-order valence-electron chi connectivity index (χ4n) is 7.33. The molecule has 3 fully saturated rings. The minimum atomic E-state index is 0. The van der Waals surface area contributed by atoms with E-state index in [1.165, 1.54) is 72.4 Å². The van der Waals surface area contributed by atoms with Crippen LogP contribution < -0.4 is 31.1 Å². The zero-order chi connectivity index (χ0) is 46.4. The van der Waals surface area contributed by atoms with Crippen LogP contribution >= 0.6 is 91.7 Å². The number of para-hydroxylation sites is 2. The van der Waals surface area contributed by atoms with E-state index in [-0.39, 0.29) is 17.0 Å². The van der Waals surface area contributed by atoms with Crippen LogP contribution in [0, 0.1) is 45.1 Å². The largest absolute Gasteiger partial charge is 0.368 e. The molecular formula is C54H69Br2IN6S3. The van der Waals surface area contributed by atoms with Crippen LogP contribution in [0.1, 0.15) is 33.4 Å². The lowest BCUT2D eigenvalue weighted by atomic mass is 10.2. The van der Waals surface area contributed by atoms with E-state index >= 15 is 0 Å². The summed E-state index contributed by atoms with van der Waals surface area (Å²) in [5, 5.41) is 13.3. The number of rotatable bonds is 6. The Labute approximate surface area is 443 Å². The van der Waals surface area contributed by atoms with Gasteiger partial charge in [0.15, 0.2) is 0 Å². The summed E-state index contributed by atoms with van der Waals surface area (Å²) in [5.41, 5.74) is 10.6. The van der Waals surface area contributed by atoms with Gasteiger partial charge in [-0.3, -0.25) is 0 Å². The quantitative estimate of drug-likeness (QED) is 0.0836. The molecule has 0 unspecified atom stereocenters. The van der Waals surface area contributed by atoms with Crippen molar-refractivity contribution in [2.45, 2.75) is 66.0 Å². The summed E-state index contributed by atoms with van der Waals surface area (Å²) in [5.74, 6) is 0. The van der Waals surface area contributed by atoms with Crippen molar-refractivity contribution in [2.75, 3.05) is 88.3 Å². The molecule has 66 heavy (non-hydrogen) atoms. The summed E-state index contributed by atoms with van der Waals surface area (Å²) in [7, 11) is 0. The number of halogens is 3. The van der Waals surface area contributed by atoms with Gasteiger partial charge in [0, 0.05) is 111 Å². The zero-order valence-electron chi connectivity index (χ0n) is 39.4. The van der Waals surface area contributed by atoms with Crippen molar-refractivity contribution in [3.63, 3.8) is 0 Å². The molecule has 6 aromatic carbocycles. The van der Waals surface area contributed by atoms with Gasteiger partial charge >= 0.3 is 0 Å². The van der Waals surface area contributed by atoms with E-state index in [9.17, 15) is 0 Å². The van der Waals surface area contributed by atoms with E-state index in [2.05, 4.69) is 227 Å². The van der Waals surface area contributed by atoms with Crippen LogP contribution in [0.4, 0.5) is 11.4 Å². The maximum Gasteiger partial charge on any atom is 0.0508 e. The fraction of sp³-hybridized carbons (Fsp3) is 0.333. The lowest BCUT2D eigenvalue weighted by Crippen LogP contribution is -2.43. The van der Waals surface area contributed by atoms with Crippen molar-refractivity contribution in [3.8, 4) is 0 Å². The Kier molecular flexibility index (Phi) is 26.2. The normalized spacial score (nSPS) is 14.3. The fourth-order valence-corrected chi connectivity index (χ4v) is 10.2. The minimum Gasteiger partial charge on any atom is -0.368 e. The summed E-state index contributed by atoms with van der Waals surface area (Å²) in [6.07, 6.45) is 0. The van der Waals surface area contributed by atoms with Gasteiger partial charge in [-0.05, 0) is 151 Å². The molecule has 6 aromatic rings. The SMILES string of the molecule is Br.Brc1ccccc1I.C1CNCCN1.Cc1ccc(S)c(C)c1.Cc1ccc(Sc2ccccc2N2CCNCC2)c(C)c1.Cc1ccc(Sc2ccccc2N2CCNCC2)c(C)c1. The Morgan fingerprint density at radius 2 is 0.818 bits per heavy atom. The van der Waals surface area contributed by atoms with Gasteiger partial charge in [0.2, 0.25) is 0 Å². The molecule has 0 radical (unpaired) electrons. The highest BCUT2D eigenvalue weighted by Gasteiger charge is 2.16. The number of nitrogens with one attached hydrogen (secondary N) is 4. The van der Waals surface area contributed by atoms with Gasteiger partial charge in [0.25, 0.3) is 0 Å². The lowest BCUT2D eigenvalue weighted by molar-refractivity contribution is 0.534. The van der Waals surface area contributed by atoms with Crippen molar-refractivity contribution in [3.05, 3.63) is 169 Å². The summed E-state index contributed by atoms with van der Waals surface area (Å²) < 4.78 is 2.42. The highest BCUT2D eigenvalue weighted by molar-refractivity contribution is 14.1. The Morgan fingerprint density at radius 3 is 1.17 bits per heavy atom. The summed E-state index contributed by atoms with van der Waals surface area (Å²) in [6.45, 7) is 26.0. The van der Waals surface area contributed by atoms with Crippen LogP contribution in [0.5, 0.6) is 0 Å². The third kappa shape index (κ3) is 19.5. The molecular weight excluding hydrogens is 1120 g/mol. The van der Waals surface area contributed by atoms with Crippen molar-refractivity contribution >= 4 is 103 Å². The summed E-state index contributed by atoms with van der Waals surface area (Å²) in [6, 6.07) is 45.3. The van der Waals surface area contributed by atoms with E-state index in [0.717, 1.165) is 83.4 Å². The Balaban J connectivity index is 0.000000196. The second kappa shape index (κ2) is 30.9. The molecule has 0 amide bonds. The topological polar surface area (TPSA) is 54.6 Å². The second-order valence-electron chi connectivity index (χ2n) is 16.4. The smallest absolute Gasteiger partial charge is 0.0508 e. The van der Waals surface area contributed by atoms with Gasteiger partial charge in [-0.2, -0.15) is 0 Å². The minimum absolute atomic E-state index is 0. The van der Waals surface area contributed by atoms with Crippen LogP contribution in [0.2, 0.25) is 0 Å². The number of hydrogen-bond acceptors (Lipinski definition) is 9. The van der Waals surface area contributed by atoms with E-state index < -0.39 is 0 Å². The maximum absolute atomic E-state index is 4.25. The highest BCUT2D eigenvalue weighted by atomic mass is 127. The molecule has 0 atom stereocenters. The molecule has 0 aromatic heterocycles. The van der Waals surface area contributed by atoms with E-state index in [1.54, 1.807) is 0 Å². The maximum atomic E-state index is 4.25. The predicted molar refractivity (Wildman–Crippen MR) is 309 cm³/mol. The van der Waals surface area contributed by atoms with E-state index in [4.69, 9.17) is 0 Å². The average molecular weight is 1190 g/mol. The van der Waals surface area contributed by atoms with Gasteiger partial charge in [0.05, 0.1) is 11.4 Å². The van der Waals surface area contributed by atoms with Crippen LogP contribution in [0.3, 0.4) is 0 Å². The molecule has 3 aliphatic rings. The number of piperazine rings is 3. The number of anilines is 2. The predicted octanol–water partition coefficient (Wildman–Crippen LogP) is 13.1. The van der Waals surface area contributed by atoms with Crippen LogP contribution in [0.15, 0.2) is 156 Å². The third-order valence-electron chi connectivity index (χ3n) is 10.9. The molecule has 4 N–H and O–H groups in total. The standard InChI is InChI=1S/2C18H22N2S.C8H10S.C6H4BrI.C4H10N2.BrH/c2*1-14-7-8-17(15(2)13-14)21-18-6-4-3-5-16(18)20-11-9-19-10-12-20;1-6-3-4-8(9)7(2)5-6;7-5-3-1-2-4-6(5)8;1-2-6-4-3-5-1;/h2*3-8,13,19H,9-12H2,1-2H3;3-5,9H,1-2H3;1-4H;5-6H,1-4H2;1H. The van der Waals surface area contributed by atoms with E-state index in [1.807, 2.05) is 47.8 Å². The first-order valence-corrected chi connectivity index (χ1v) is 26.6. The first-order chi connectivity index (χ1) is 31.5. The molecule has 6 nitrogen and oxygen atoms in total. The molecule has 12 heteroatoms. The van der Waals surface area contributed by atoms with Gasteiger partial charge < -0.3 is 31.1 Å². The van der Waals surface area contributed by atoms with Gasteiger partial charge in [-0.15, -0.1) is 29.6 Å². The monoisotopic (exact) mass is 1180 g/mol. The molecule has 0 bridgehead atoms. The second-order valence-corrected chi connectivity index (χ2v) is 21.0. The molecule has 3 heterocycles. The van der Waals surface area contributed by atoms with Crippen molar-refractivity contribution in [1.29, 1.82) is 0 Å². The van der Waals surface area contributed by atoms with Crippen LogP contribution in [-0.2, 0) is 0 Å². The van der Waals surface area contributed by atoms with E-state index in [0.29, 0.717) is 0 Å². The summed E-state index contributed by atoms with van der Waals surface area (Å²) in [4.78, 5) is 11.5. The van der Waals surface area contributed by atoms with Gasteiger partial charge in [0.1, 0.15) is 0 Å².